The fraction of sp³-hybridized carbons (Fsp3) is 0.435. The van der Waals surface area contributed by atoms with Crippen LogP contribution in [0.25, 0.3) is 0 Å². The van der Waals surface area contributed by atoms with E-state index in [4.69, 9.17) is 0 Å². The maximum absolute atomic E-state index is 12.4. The number of hydrogen-bond acceptors (Lipinski definition) is 1. The van der Waals surface area contributed by atoms with Crippen molar-refractivity contribution in [2.24, 2.45) is 0 Å². The van der Waals surface area contributed by atoms with Crippen LogP contribution in [0.2, 0.25) is 0 Å². The van der Waals surface area contributed by atoms with Gasteiger partial charge in [0.1, 0.15) is 0 Å². The van der Waals surface area contributed by atoms with Gasteiger partial charge in [-0.3, -0.25) is 4.79 Å². The van der Waals surface area contributed by atoms with Gasteiger partial charge in [-0.25, -0.2) is 0 Å². The molecule has 1 N–H and O–H groups in total. The Hall–Kier alpha value is -2.09. The molecular weight excluding hydrogens is 306 g/mol. The van der Waals surface area contributed by atoms with E-state index in [1.165, 1.54) is 53.5 Å². The fourth-order valence-corrected chi connectivity index (χ4v) is 3.67. The van der Waals surface area contributed by atoms with Crippen molar-refractivity contribution in [3.63, 3.8) is 0 Å². The monoisotopic (exact) mass is 335 g/mol. The Labute approximate surface area is 151 Å². The lowest BCUT2D eigenvalue weighted by Crippen LogP contribution is -2.28. The number of carbonyl (C=O) groups excluding carboxylic acids is 1. The van der Waals surface area contributed by atoms with E-state index in [1.807, 2.05) is 0 Å². The lowest BCUT2D eigenvalue weighted by molar-refractivity contribution is -0.121. The summed E-state index contributed by atoms with van der Waals surface area (Å²) < 4.78 is 0. The normalized spacial score (nSPS) is 14.6. The predicted octanol–water partition coefficient (Wildman–Crippen LogP) is 5.07. The predicted molar refractivity (Wildman–Crippen MR) is 104 cm³/mol. The van der Waals surface area contributed by atoms with E-state index in [-0.39, 0.29) is 11.9 Å². The Morgan fingerprint density at radius 1 is 1.04 bits per heavy atom. The number of carbonyl (C=O) groups is 1. The highest BCUT2D eigenvalue weighted by Crippen LogP contribution is 2.26. The van der Waals surface area contributed by atoms with Crippen molar-refractivity contribution in [2.75, 3.05) is 0 Å². The van der Waals surface area contributed by atoms with Gasteiger partial charge in [0.05, 0.1) is 6.04 Å². The quantitative estimate of drug-likeness (QED) is 0.784. The number of hydrogen-bond donors (Lipinski definition) is 1. The molecule has 1 aliphatic rings. The number of nitrogens with one attached hydrogen (secondary N) is 1. The summed E-state index contributed by atoms with van der Waals surface area (Å²) in [6.45, 7) is 4.23. The minimum atomic E-state index is 0.123. The van der Waals surface area contributed by atoms with Crippen molar-refractivity contribution >= 4 is 5.91 Å². The van der Waals surface area contributed by atoms with Crippen LogP contribution in [0.4, 0.5) is 0 Å². The fourth-order valence-electron chi connectivity index (χ4n) is 3.67. The summed E-state index contributed by atoms with van der Waals surface area (Å²) in [5.74, 6) is 0.144. The van der Waals surface area contributed by atoms with Crippen LogP contribution in [0.1, 0.15) is 66.5 Å². The van der Waals surface area contributed by atoms with E-state index in [2.05, 4.69) is 61.6 Å². The van der Waals surface area contributed by atoms with E-state index in [0.717, 1.165) is 12.8 Å². The molecule has 1 amide bonds. The zero-order valence-corrected chi connectivity index (χ0v) is 15.5. The first-order chi connectivity index (χ1) is 12.2. The zero-order chi connectivity index (χ0) is 17.6. The van der Waals surface area contributed by atoms with Gasteiger partial charge in [-0.1, -0.05) is 55.0 Å². The molecule has 0 unspecified atom stereocenters. The van der Waals surface area contributed by atoms with Gasteiger partial charge in [-0.15, -0.1) is 0 Å². The smallest absolute Gasteiger partial charge is 0.220 e. The maximum atomic E-state index is 12.4. The molecule has 0 radical (unpaired) electrons. The summed E-state index contributed by atoms with van der Waals surface area (Å²) >= 11 is 0. The lowest BCUT2D eigenvalue weighted by Gasteiger charge is -2.21. The molecule has 0 fully saturated rings. The Morgan fingerprint density at radius 3 is 2.48 bits per heavy atom. The molecule has 2 nitrogen and oxygen atoms in total. The molecule has 0 aromatic heterocycles. The Balaban J connectivity index is 1.59. The van der Waals surface area contributed by atoms with Crippen LogP contribution < -0.4 is 5.32 Å². The highest BCUT2D eigenvalue weighted by atomic mass is 16.1. The molecule has 3 rings (SSSR count). The van der Waals surface area contributed by atoms with Crippen LogP contribution in [-0.4, -0.2) is 5.91 Å². The van der Waals surface area contributed by atoms with Crippen molar-refractivity contribution in [3.05, 3.63) is 70.3 Å². The molecule has 2 aromatic carbocycles. The maximum Gasteiger partial charge on any atom is 0.220 e. The molecule has 25 heavy (non-hydrogen) atoms. The summed E-state index contributed by atoms with van der Waals surface area (Å²) in [5.41, 5.74) is 6.72. The molecule has 2 aromatic rings. The first-order valence-corrected chi connectivity index (χ1v) is 9.62. The second-order valence-corrected chi connectivity index (χ2v) is 7.25. The molecule has 132 valence electrons. The Morgan fingerprint density at radius 2 is 1.76 bits per heavy atom. The van der Waals surface area contributed by atoms with Crippen LogP contribution >= 0.6 is 0 Å². The van der Waals surface area contributed by atoms with Crippen LogP contribution in [0.5, 0.6) is 0 Å². The summed E-state index contributed by atoms with van der Waals surface area (Å²) in [6, 6.07) is 15.4. The summed E-state index contributed by atoms with van der Waals surface area (Å²) in [6.07, 6.45) is 7.25. The minimum Gasteiger partial charge on any atom is -0.349 e. The van der Waals surface area contributed by atoms with Gasteiger partial charge in [-0.05, 0) is 67.7 Å². The van der Waals surface area contributed by atoms with Crippen LogP contribution in [0.15, 0.2) is 42.5 Å². The van der Waals surface area contributed by atoms with Gasteiger partial charge in [0.15, 0.2) is 0 Å². The van der Waals surface area contributed by atoms with Crippen LogP contribution in [0.3, 0.4) is 0 Å². The van der Waals surface area contributed by atoms with Gasteiger partial charge in [-0.2, -0.15) is 0 Å². The molecule has 0 saturated heterocycles. The van der Waals surface area contributed by atoms with Gasteiger partial charge in [0.25, 0.3) is 0 Å². The molecule has 0 bridgehead atoms. The van der Waals surface area contributed by atoms with Crippen molar-refractivity contribution in [2.45, 2.75) is 64.8 Å². The molecule has 1 aliphatic carbocycles. The highest BCUT2D eigenvalue weighted by Gasteiger charge is 2.16. The topological polar surface area (TPSA) is 29.1 Å². The van der Waals surface area contributed by atoms with Gasteiger partial charge < -0.3 is 5.32 Å². The van der Waals surface area contributed by atoms with Gasteiger partial charge >= 0.3 is 0 Å². The summed E-state index contributed by atoms with van der Waals surface area (Å²) in [7, 11) is 0. The molecular formula is C23H29NO. The number of rotatable bonds is 6. The van der Waals surface area contributed by atoms with E-state index >= 15 is 0 Å². The number of benzene rings is 2. The third-order valence-corrected chi connectivity index (χ3v) is 5.28. The van der Waals surface area contributed by atoms with Gasteiger partial charge in [0, 0.05) is 6.42 Å². The molecule has 2 heteroatoms. The van der Waals surface area contributed by atoms with Crippen molar-refractivity contribution in [1.29, 1.82) is 0 Å². The Bertz CT molecular complexity index is 717. The van der Waals surface area contributed by atoms with E-state index in [9.17, 15) is 4.79 Å². The standard InChI is InChI=1S/C23H29NO/c1-3-22(21-14-13-19-6-4-5-7-20(19)16-21)24-23(25)15-12-18-10-8-17(2)9-11-18/h8-11,13-14,16,22H,3-7,12,15H2,1-2H3,(H,24,25)/t22-/m1/s1. The second-order valence-electron chi connectivity index (χ2n) is 7.25. The Kier molecular flexibility index (Phi) is 5.91. The second kappa shape index (κ2) is 8.33. The molecule has 0 heterocycles. The minimum absolute atomic E-state index is 0.123. The van der Waals surface area contributed by atoms with Crippen LogP contribution in [0, 0.1) is 6.92 Å². The number of fused-ring (bicyclic) bond motifs is 1. The van der Waals surface area contributed by atoms with E-state index < -0.39 is 0 Å². The molecule has 0 saturated carbocycles. The van der Waals surface area contributed by atoms with Crippen molar-refractivity contribution in [3.8, 4) is 0 Å². The largest absolute Gasteiger partial charge is 0.349 e. The zero-order valence-electron chi connectivity index (χ0n) is 15.5. The van der Waals surface area contributed by atoms with Crippen molar-refractivity contribution < 1.29 is 4.79 Å². The summed E-state index contributed by atoms with van der Waals surface area (Å²) in [4.78, 5) is 12.4. The lowest BCUT2D eigenvalue weighted by atomic mass is 9.89. The van der Waals surface area contributed by atoms with E-state index in [0.29, 0.717) is 6.42 Å². The summed E-state index contributed by atoms with van der Waals surface area (Å²) in [5, 5.41) is 3.23. The van der Waals surface area contributed by atoms with Crippen LogP contribution in [-0.2, 0) is 24.1 Å². The number of aryl methyl sites for hydroxylation is 4. The van der Waals surface area contributed by atoms with E-state index in [1.54, 1.807) is 0 Å². The van der Waals surface area contributed by atoms with Gasteiger partial charge in [0.2, 0.25) is 5.91 Å². The molecule has 1 atom stereocenters. The third-order valence-electron chi connectivity index (χ3n) is 5.28. The first kappa shape index (κ1) is 17.7. The third kappa shape index (κ3) is 4.72. The first-order valence-electron chi connectivity index (χ1n) is 9.62. The van der Waals surface area contributed by atoms with Crippen molar-refractivity contribution in [1.82, 2.24) is 5.32 Å². The SMILES string of the molecule is CC[C@@H](NC(=O)CCc1ccc(C)cc1)c1ccc2c(c1)CCCC2. The average Bonchev–Trinajstić information content (AvgIpc) is 2.65. The highest BCUT2D eigenvalue weighted by molar-refractivity contribution is 5.76. The average molecular weight is 335 g/mol. The molecule has 0 aliphatic heterocycles. The molecule has 0 spiro atoms. The number of amides is 1.